The molecular weight excluding hydrogens is 725 g/mol. The van der Waals surface area contributed by atoms with Gasteiger partial charge in [-0.25, -0.2) is 0 Å². The van der Waals surface area contributed by atoms with Crippen LogP contribution in [-0.2, 0) is 25.7 Å². The van der Waals surface area contributed by atoms with E-state index in [-0.39, 0.29) is 0 Å². The molecule has 0 fully saturated rings. The number of rotatable bonds is 7. The predicted molar refractivity (Wildman–Crippen MR) is 256 cm³/mol. The lowest BCUT2D eigenvalue weighted by molar-refractivity contribution is 0.661. The summed E-state index contributed by atoms with van der Waals surface area (Å²) >= 11 is 0. The Kier molecular flexibility index (Phi) is 8.44. The molecule has 2 aliphatic rings. The zero-order valence-electron chi connectivity index (χ0n) is 33.9. The largest absolute Gasteiger partial charge is 0.309 e. The molecule has 0 bridgehead atoms. The minimum absolute atomic E-state index is 1.11. The smallest absolute Gasteiger partial charge is 0.0540 e. The SMILES string of the molecule is c1ccc(-c2c3c(c(N(c4ccccc4)c4ccc5ccc6c(N(c7ccccc7)c7cccc8ccccc78)ccc7ccc4c5c76)c4c2CCCC4)CCCC3)cc1. The molecule has 0 spiro atoms. The number of hydrogen-bond donors (Lipinski definition) is 0. The first-order chi connectivity index (χ1) is 29.8. The first kappa shape index (κ1) is 35.1. The fraction of sp³-hybridized carbons (Fsp3) is 0.138. The van der Waals surface area contributed by atoms with Crippen molar-refractivity contribution >= 4 is 77.2 Å². The van der Waals surface area contributed by atoms with Gasteiger partial charge >= 0.3 is 0 Å². The van der Waals surface area contributed by atoms with Crippen LogP contribution in [0, 0.1) is 0 Å². The summed E-state index contributed by atoms with van der Waals surface area (Å²) in [5.41, 5.74) is 16.7. The summed E-state index contributed by atoms with van der Waals surface area (Å²) in [6.45, 7) is 0. The summed E-state index contributed by atoms with van der Waals surface area (Å²) in [6.07, 6.45) is 9.44. The molecule has 12 rings (SSSR count). The molecule has 0 amide bonds. The molecule has 0 radical (unpaired) electrons. The third-order valence-corrected chi connectivity index (χ3v) is 13.5. The normalized spacial score (nSPS) is 13.8. The quantitative estimate of drug-likeness (QED) is 0.149. The van der Waals surface area contributed by atoms with Crippen molar-refractivity contribution in [2.24, 2.45) is 0 Å². The van der Waals surface area contributed by atoms with Gasteiger partial charge in [0.15, 0.2) is 0 Å². The van der Waals surface area contributed by atoms with Crippen LogP contribution in [0.5, 0.6) is 0 Å². The molecule has 0 atom stereocenters. The van der Waals surface area contributed by atoms with Gasteiger partial charge in [0.05, 0.1) is 22.7 Å². The monoisotopic (exact) mass is 770 g/mol. The molecule has 288 valence electrons. The number of hydrogen-bond acceptors (Lipinski definition) is 2. The van der Waals surface area contributed by atoms with E-state index in [4.69, 9.17) is 0 Å². The number of benzene rings is 10. The Hall–Kier alpha value is -6.90. The van der Waals surface area contributed by atoms with Crippen molar-refractivity contribution in [3.8, 4) is 11.1 Å². The van der Waals surface area contributed by atoms with E-state index < -0.39 is 0 Å². The minimum Gasteiger partial charge on any atom is -0.309 e. The van der Waals surface area contributed by atoms with E-state index >= 15 is 0 Å². The maximum Gasteiger partial charge on any atom is 0.0540 e. The van der Waals surface area contributed by atoms with Gasteiger partial charge in [-0.1, -0.05) is 140 Å². The van der Waals surface area contributed by atoms with Crippen molar-refractivity contribution in [2.45, 2.75) is 51.4 Å². The Morgan fingerprint density at radius 3 is 1.35 bits per heavy atom. The van der Waals surface area contributed by atoms with Gasteiger partial charge < -0.3 is 9.80 Å². The van der Waals surface area contributed by atoms with Crippen molar-refractivity contribution < 1.29 is 0 Å². The third kappa shape index (κ3) is 5.54. The van der Waals surface area contributed by atoms with Crippen LogP contribution in [0.1, 0.15) is 47.9 Å². The lowest BCUT2D eigenvalue weighted by Gasteiger charge is -2.37. The molecule has 0 aromatic heterocycles. The first-order valence-electron chi connectivity index (χ1n) is 22.0. The van der Waals surface area contributed by atoms with Crippen molar-refractivity contribution in [3.63, 3.8) is 0 Å². The Bertz CT molecular complexity index is 3160. The Labute approximate surface area is 352 Å². The van der Waals surface area contributed by atoms with Gasteiger partial charge in [0.25, 0.3) is 0 Å². The topological polar surface area (TPSA) is 6.48 Å². The van der Waals surface area contributed by atoms with Gasteiger partial charge in [0, 0.05) is 27.5 Å². The Balaban J connectivity index is 1.14. The zero-order chi connectivity index (χ0) is 39.6. The second-order valence-electron chi connectivity index (χ2n) is 16.9. The van der Waals surface area contributed by atoms with Crippen LogP contribution in [0.2, 0.25) is 0 Å². The van der Waals surface area contributed by atoms with Crippen molar-refractivity contribution in [2.75, 3.05) is 9.80 Å². The summed E-state index contributed by atoms with van der Waals surface area (Å²) in [5, 5.41) is 10.2. The third-order valence-electron chi connectivity index (χ3n) is 13.5. The number of anilines is 6. The molecule has 0 unspecified atom stereocenters. The summed E-state index contributed by atoms with van der Waals surface area (Å²) in [6, 6.07) is 67.8. The van der Waals surface area contributed by atoms with Gasteiger partial charge in [-0.15, -0.1) is 0 Å². The molecule has 60 heavy (non-hydrogen) atoms. The fourth-order valence-electron chi connectivity index (χ4n) is 11.0. The highest BCUT2D eigenvalue weighted by molar-refractivity contribution is 6.28. The van der Waals surface area contributed by atoms with E-state index in [0.29, 0.717) is 0 Å². The van der Waals surface area contributed by atoms with Crippen LogP contribution in [0.25, 0.3) is 54.2 Å². The van der Waals surface area contributed by atoms with E-state index in [1.807, 2.05) is 0 Å². The predicted octanol–water partition coefficient (Wildman–Crippen LogP) is 16.1. The molecule has 10 aromatic carbocycles. The highest BCUT2D eigenvalue weighted by Gasteiger charge is 2.32. The van der Waals surface area contributed by atoms with E-state index in [1.165, 1.54) is 108 Å². The Morgan fingerprint density at radius 1 is 0.300 bits per heavy atom. The molecule has 0 N–H and O–H groups in total. The van der Waals surface area contributed by atoms with E-state index in [0.717, 1.165) is 31.4 Å². The van der Waals surface area contributed by atoms with Crippen LogP contribution in [-0.4, -0.2) is 0 Å². The van der Waals surface area contributed by atoms with Gasteiger partial charge in [0.1, 0.15) is 0 Å². The Morgan fingerprint density at radius 2 is 0.750 bits per heavy atom. The van der Waals surface area contributed by atoms with Crippen molar-refractivity contribution in [1.29, 1.82) is 0 Å². The molecule has 10 aromatic rings. The average molecular weight is 771 g/mol. The molecule has 2 nitrogen and oxygen atoms in total. The van der Waals surface area contributed by atoms with Crippen LogP contribution in [0.4, 0.5) is 34.1 Å². The number of para-hydroxylation sites is 2. The van der Waals surface area contributed by atoms with Gasteiger partial charge in [-0.05, 0) is 154 Å². The van der Waals surface area contributed by atoms with Gasteiger partial charge in [-0.2, -0.15) is 0 Å². The molecule has 2 aliphatic carbocycles. The van der Waals surface area contributed by atoms with Gasteiger partial charge in [0.2, 0.25) is 0 Å². The van der Waals surface area contributed by atoms with Gasteiger partial charge in [-0.3, -0.25) is 0 Å². The molecule has 0 saturated carbocycles. The maximum absolute atomic E-state index is 2.68. The molecule has 0 heterocycles. The van der Waals surface area contributed by atoms with E-state index in [9.17, 15) is 0 Å². The van der Waals surface area contributed by atoms with E-state index in [2.05, 4.69) is 192 Å². The van der Waals surface area contributed by atoms with Crippen LogP contribution in [0.3, 0.4) is 0 Å². The first-order valence-corrected chi connectivity index (χ1v) is 22.0. The fourth-order valence-corrected chi connectivity index (χ4v) is 11.0. The van der Waals surface area contributed by atoms with Crippen LogP contribution in [0.15, 0.2) is 182 Å². The second-order valence-corrected chi connectivity index (χ2v) is 16.9. The summed E-state index contributed by atoms with van der Waals surface area (Å²) in [7, 11) is 0. The second kappa shape index (κ2) is 14.4. The lowest BCUT2D eigenvalue weighted by atomic mass is 9.75. The highest BCUT2D eigenvalue weighted by Crippen LogP contribution is 2.53. The zero-order valence-corrected chi connectivity index (χ0v) is 33.9. The minimum atomic E-state index is 1.11. The molecule has 2 heteroatoms. The van der Waals surface area contributed by atoms with Crippen molar-refractivity contribution in [3.05, 3.63) is 204 Å². The molecular formula is C58H46N2. The average Bonchev–Trinajstić information content (AvgIpc) is 3.32. The van der Waals surface area contributed by atoms with Crippen LogP contribution >= 0.6 is 0 Å². The van der Waals surface area contributed by atoms with Crippen molar-refractivity contribution in [1.82, 2.24) is 0 Å². The highest BCUT2D eigenvalue weighted by atomic mass is 15.2. The van der Waals surface area contributed by atoms with Crippen LogP contribution < -0.4 is 9.80 Å². The van der Waals surface area contributed by atoms with E-state index in [1.54, 1.807) is 22.3 Å². The summed E-state index contributed by atoms with van der Waals surface area (Å²) < 4.78 is 0. The maximum atomic E-state index is 2.68. The lowest BCUT2D eigenvalue weighted by Crippen LogP contribution is -2.22. The molecule has 0 saturated heterocycles. The number of fused-ring (bicyclic) bond motifs is 3. The summed E-state index contributed by atoms with van der Waals surface area (Å²) in [4.78, 5) is 5.15. The number of nitrogens with zero attached hydrogens (tertiary/aromatic N) is 2. The summed E-state index contributed by atoms with van der Waals surface area (Å²) in [5.74, 6) is 0. The molecule has 0 aliphatic heterocycles. The standard InChI is InChI=1S/C58H46N2/c1-4-18-40(19-5-1)55-46-26-12-14-28-48(46)58(49-29-15-13-27-47(49)55)60(44-23-8-3-9-24-44)54-38-34-42-31-35-50-53(37-33-41-32-36-51(54)57(42)56(41)50)59(43-21-6-2-7-22-43)52-30-16-20-39-17-10-11-25-45(39)52/h1-11,16-25,30-38H,12-15,26-29H2.